The fourth-order valence-corrected chi connectivity index (χ4v) is 4.14. The summed E-state index contributed by atoms with van der Waals surface area (Å²) in [6.07, 6.45) is -2.06. The summed E-state index contributed by atoms with van der Waals surface area (Å²) in [5, 5.41) is 1.29. The van der Waals surface area contributed by atoms with Gasteiger partial charge in [-0.25, -0.2) is 4.39 Å². The highest BCUT2D eigenvalue weighted by atomic mass is 19.4. The largest absolute Gasteiger partial charge is 0.573 e. The average molecular weight is 462 g/mol. The molecule has 0 bridgehead atoms. The predicted molar refractivity (Wildman–Crippen MR) is 117 cm³/mol. The first-order valence-corrected chi connectivity index (χ1v) is 11.1. The van der Waals surface area contributed by atoms with Crippen LogP contribution in [-0.2, 0) is 22.3 Å². The van der Waals surface area contributed by atoms with E-state index in [1.165, 1.54) is 12.1 Å². The molecule has 1 saturated heterocycles. The van der Waals surface area contributed by atoms with Crippen molar-refractivity contribution in [1.82, 2.24) is 0 Å². The van der Waals surface area contributed by atoms with Crippen LogP contribution in [0, 0.1) is 11.7 Å². The highest BCUT2D eigenvalue weighted by molar-refractivity contribution is 5.84. The van der Waals surface area contributed by atoms with Crippen LogP contribution in [0.5, 0.6) is 5.75 Å². The first kappa shape index (κ1) is 23.5. The molecule has 3 aromatic rings. The normalized spacial score (nSPS) is 19.1. The standard InChI is InChI=1S/C26H26F4O3/c1-2-3-18-15-31-25(32-16-18)21-10-13-23-20(14-21)9-8-19(24(23)27)7-4-17-5-11-22(12-6-17)33-26(28,29)30/h5-6,8-14,18,25H,2-4,7,15-16H2,1H3. The Balaban J connectivity index is 1.41. The van der Waals surface area contributed by atoms with Crippen molar-refractivity contribution in [2.24, 2.45) is 5.92 Å². The molecule has 1 fully saturated rings. The van der Waals surface area contributed by atoms with Crippen molar-refractivity contribution in [1.29, 1.82) is 0 Å². The van der Waals surface area contributed by atoms with Gasteiger partial charge in [-0.05, 0) is 54.0 Å². The van der Waals surface area contributed by atoms with Crippen molar-refractivity contribution in [3.8, 4) is 5.75 Å². The molecule has 0 atom stereocenters. The second kappa shape index (κ2) is 10.1. The van der Waals surface area contributed by atoms with Crippen molar-refractivity contribution in [3.05, 3.63) is 77.1 Å². The van der Waals surface area contributed by atoms with E-state index in [0.29, 0.717) is 42.9 Å². The molecule has 4 rings (SSSR count). The lowest BCUT2D eigenvalue weighted by molar-refractivity contribution is -0.274. The van der Waals surface area contributed by atoms with Gasteiger partial charge in [0.15, 0.2) is 6.29 Å². The van der Waals surface area contributed by atoms with Crippen molar-refractivity contribution < 1.29 is 31.8 Å². The van der Waals surface area contributed by atoms with E-state index >= 15 is 4.39 Å². The SMILES string of the molecule is CCCC1COC(c2ccc3c(F)c(CCc4ccc(OC(F)(F)F)cc4)ccc3c2)OC1. The number of hydrogen-bond donors (Lipinski definition) is 0. The van der Waals surface area contributed by atoms with Crippen LogP contribution in [0.15, 0.2) is 54.6 Å². The number of aryl methyl sites for hydroxylation is 2. The molecule has 33 heavy (non-hydrogen) atoms. The maximum Gasteiger partial charge on any atom is 0.573 e. The number of alkyl halides is 3. The Labute approximate surface area is 190 Å². The summed E-state index contributed by atoms with van der Waals surface area (Å²) in [6.45, 7) is 3.46. The van der Waals surface area contributed by atoms with Crippen molar-refractivity contribution >= 4 is 10.8 Å². The van der Waals surface area contributed by atoms with Gasteiger partial charge in [-0.2, -0.15) is 0 Å². The predicted octanol–water partition coefficient (Wildman–Crippen LogP) is 7.12. The highest BCUT2D eigenvalue weighted by Gasteiger charge is 2.31. The molecule has 3 aromatic carbocycles. The van der Waals surface area contributed by atoms with Gasteiger partial charge in [0.05, 0.1) is 13.2 Å². The van der Waals surface area contributed by atoms with Crippen LogP contribution in [0.2, 0.25) is 0 Å². The van der Waals surface area contributed by atoms with Crippen LogP contribution < -0.4 is 4.74 Å². The van der Waals surface area contributed by atoms with Crippen LogP contribution in [0.25, 0.3) is 10.8 Å². The van der Waals surface area contributed by atoms with E-state index in [1.807, 2.05) is 18.2 Å². The summed E-state index contributed by atoms with van der Waals surface area (Å²) in [5.74, 6) is -0.143. The second-order valence-corrected chi connectivity index (χ2v) is 8.36. The Hall–Kier alpha value is -2.64. The molecule has 0 aromatic heterocycles. The minimum atomic E-state index is -4.72. The zero-order valence-electron chi connectivity index (χ0n) is 18.3. The topological polar surface area (TPSA) is 27.7 Å². The molecule has 0 aliphatic carbocycles. The van der Waals surface area contributed by atoms with Gasteiger partial charge in [-0.15, -0.1) is 13.2 Å². The van der Waals surface area contributed by atoms with Gasteiger partial charge in [0.2, 0.25) is 0 Å². The fraction of sp³-hybridized carbons (Fsp3) is 0.385. The van der Waals surface area contributed by atoms with E-state index in [9.17, 15) is 13.2 Å². The van der Waals surface area contributed by atoms with Gasteiger partial charge in [-0.1, -0.05) is 49.7 Å². The summed E-state index contributed by atoms with van der Waals surface area (Å²) in [7, 11) is 0. The van der Waals surface area contributed by atoms with Gasteiger partial charge >= 0.3 is 6.36 Å². The summed E-state index contributed by atoms with van der Waals surface area (Å²) in [6, 6.07) is 14.7. The zero-order valence-corrected chi connectivity index (χ0v) is 18.3. The number of rotatable bonds is 7. The first-order valence-electron chi connectivity index (χ1n) is 11.1. The summed E-state index contributed by atoms with van der Waals surface area (Å²) >= 11 is 0. The van der Waals surface area contributed by atoms with E-state index in [2.05, 4.69) is 11.7 Å². The van der Waals surface area contributed by atoms with E-state index < -0.39 is 12.7 Å². The highest BCUT2D eigenvalue weighted by Crippen LogP contribution is 2.31. The van der Waals surface area contributed by atoms with Gasteiger partial charge in [0.1, 0.15) is 11.6 Å². The average Bonchev–Trinajstić information content (AvgIpc) is 2.79. The summed E-state index contributed by atoms with van der Waals surface area (Å²) in [4.78, 5) is 0. The quantitative estimate of drug-likeness (QED) is 0.350. The number of fused-ring (bicyclic) bond motifs is 1. The molecule has 7 heteroatoms. The molecular formula is C26H26F4O3. The van der Waals surface area contributed by atoms with Gasteiger partial charge in [0.25, 0.3) is 0 Å². The Morgan fingerprint density at radius 3 is 2.33 bits per heavy atom. The van der Waals surface area contributed by atoms with Gasteiger partial charge in [0, 0.05) is 16.9 Å². The first-order chi connectivity index (χ1) is 15.8. The lowest BCUT2D eigenvalue weighted by Crippen LogP contribution is -2.26. The monoisotopic (exact) mass is 462 g/mol. The van der Waals surface area contributed by atoms with Crippen LogP contribution in [0.3, 0.4) is 0 Å². The smallest absolute Gasteiger partial charge is 0.406 e. The third kappa shape index (κ3) is 6.03. The van der Waals surface area contributed by atoms with Crippen molar-refractivity contribution in [3.63, 3.8) is 0 Å². The molecule has 0 radical (unpaired) electrons. The Kier molecular flexibility index (Phi) is 7.20. The number of halogens is 4. The maximum atomic E-state index is 15.1. The van der Waals surface area contributed by atoms with Crippen LogP contribution in [0.4, 0.5) is 17.6 Å². The minimum Gasteiger partial charge on any atom is -0.406 e. The third-order valence-corrected chi connectivity index (χ3v) is 5.83. The van der Waals surface area contributed by atoms with E-state index in [-0.39, 0.29) is 11.6 Å². The zero-order chi connectivity index (χ0) is 23.4. The van der Waals surface area contributed by atoms with Crippen LogP contribution in [-0.4, -0.2) is 19.6 Å². The molecule has 0 saturated carbocycles. The lowest BCUT2D eigenvalue weighted by Gasteiger charge is -2.29. The molecular weight excluding hydrogens is 436 g/mol. The van der Waals surface area contributed by atoms with Gasteiger partial charge in [-0.3, -0.25) is 0 Å². The lowest BCUT2D eigenvalue weighted by atomic mass is 9.98. The maximum absolute atomic E-state index is 15.1. The molecule has 1 aliphatic rings. The summed E-state index contributed by atoms with van der Waals surface area (Å²) < 4.78 is 67.6. The Bertz CT molecular complexity index is 1070. The number of hydrogen-bond acceptors (Lipinski definition) is 3. The molecule has 1 heterocycles. The van der Waals surface area contributed by atoms with Crippen LogP contribution in [0.1, 0.15) is 42.7 Å². The third-order valence-electron chi connectivity index (χ3n) is 5.83. The Morgan fingerprint density at radius 2 is 1.67 bits per heavy atom. The molecule has 3 nitrogen and oxygen atoms in total. The molecule has 1 aliphatic heterocycles. The minimum absolute atomic E-state index is 0.272. The van der Waals surface area contributed by atoms with Crippen LogP contribution >= 0.6 is 0 Å². The van der Waals surface area contributed by atoms with E-state index in [4.69, 9.17) is 9.47 Å². The fourth-order valence-electron chi connectivity index (χ4n) is 4.14. The van der Waals surface area contributed by atoms with E-state index in [1.54, 1.807) is 24.3 Å². The molecule has 0 N–H and O–H groups in total. The van der Waals surface area contributed by atoms with Crippen molar-refractivity contribution in [2.75, 3.05) is 13.2 Å². The second-order valence-electron chi connectivity index (χ2n) is 8.36. The molecule has 0 unspecified atom stereocenters. The molecule has 0 amide bonds. The number of benzene rings is 3. The number of ether oxygens (including phenoxy) is 3. The van der Waals surface area contributed by atoms with E-state index in [0.717, 1.165) is 29.4 Å². The molecule has 0 spiro atoms. The Morgan fingerprint density at radius 1 is 0.939 bits per heavy atom. The van der Waals surface area contributed by atoms with Crippen molar-refractivity contribution in [2.45, 2.75) is 45.3 Å². The van der Waals surface area contributed by atoms with Gasteiger partial charge < -0.3 is 14.2 Å². The summed E-state index contributed by atoms with van der Waals surface area (Å²) in [5.41, 5.74) is 2.22. The molecule has 176 valence electrons.